The maximum Gasteiger partial charge on any atom is 0.255 e. The second-order valence-electron chi connectivity index (χ2n) is 3.69. The van der Waals surface area contributed by atoms with Crippen LogP contribution in [0.25, 0.3) is 0 Å². The fraction of sp³-hybridized carbons (Fsp3) is 0.273. The molecule has 6 heteroatoms. The molecule has 92 valence electrons. The van der Waals surface area contributed by atoms with Crippen LogP contribution >= 0.6 is 15.9 Å². The highest BCUT2D eigenvalue weighted by Crippen LogP contribution is 2.22. The average molecular weight is 300 g/mol. The summed E-state index contributed by atoms with van der Waals surface area (Å²) in [4.78, 5) is 13.5. The minimum atomic E-state index is -0.188. The van der Waals surface area contributed by atoms with E-state index in [-0.39, 0.29) is 18.3 Å². The number of amidine groups is 1. The van der Waals surface area contributed by atoms with Gasteiger partial charge in [0.15, 0.2) is 5.84 Å². The van der Waals surface area contributed by atoms with E-state index >= 15 is 0 Å². The first-order chi connectivity index (χ1) is 7.97. The summed E-state index contributed by atoms with van der Waals surface area (Å²) < 4.78 is 0.761. The number of hydrogen-bond donors (Lipinski definition) is 2. The maximum atomic E-state index is 12.1. The number of halogens is 1. The predicted molar refractivity (Wildman–Crippen MR) is 69.2 cm³/mol. The third-order valence-electron chi connectivity index (χ3n) is 2.30. The topological polar surface area (TPSA) is 78.9 Å². The van der Waals surface area contributed by atoms with Crippen molar-refractivity contribution in [1.29, 1.82) is 0 Å². The number of nitrogens with two attached hydrogens (primary N) is 1. The minimum Gasteiger partial charge on any atom is -0.409 e. The zero-order chi connectivity index (χ0) is 13.0. The molecule has 0 aromatic heterocycles. The number of benzene rings is 1. The fourth-order valence-corrected chi connectivity index (χ4v) is 1.80. The molecule has 0 atom stereocenters. The van der Waals surface area contributed by atoms with Crippen LogP contribution in [-0.4, -0.2) is 35.4 Å². The van der Waals surface area contributed by atoms with Gasteiger partial charge in [0.2, 0.25) is 0 Å². The number of nitrogens with zero attached hydrogens (tertiary/aromatic N) is 2. The molecule has 0 aliphatic heterocycles. The van der Waals surface area contributed by atoms with Crippen LogP contribution in [0.3, 0.4) is 0 Å². The summed E-state index contributed by atoms with van der Waals surface area (Å²) >= 11 is 3.37. The molecule has 1 aromatic carbocycles. The second-order valence-corrected chi connectivity index (χ2v) is 4.48. The summed E-state index contributed by atoms with van der Waals surface area (Å²) in [6, 6.07) is 5.44. The summed E-state index contributed by atoms with van der Waals surface area (Å²) in [7, 11) is 1.59. The molecule has 0 radical (unpaired) electrons. The van der Waals surface area contributed by atoms with Crippen molar-refractivity contribution in [3.63, 3.8) is 0 Å². The van der Waals surface area contributed by atoms with E-state index in [1.807, 2.05) is 19.1 Å². The highest BCUT2D eigenvalue weighted by atomic mass is 79.9. The molecule has 1 amide bonds. The Morgan fingerprint density at radius 1 is 1.59 bits per heavy atom. The van der Waals surface area contributed by atoms with Gasteiger partial charge in [-0.1, -0.05) is 17.3 Å². The molecule has 0 fully saturated rings. The Kier molecular flexibility index (Phi) is 4.51. The van der Waals surface area contributed by atoms with Gasteiger partial charge in [0.05, 0.1) is 12.1 Å². The van der Waals surface area contributed by atoms with E-state index in [0.29, 0.717) is 5.56 Å². The Morgan fingerprint density at radius 3 is 2.82 bits per heavy atom. The molecule has 0 heterocycles. The van der Waals surface area contributed by atoms with Crippen LogP contribution in [0.4, 0.5) is 0 Å². The van der Waals surface area contributed by atoms with E-state index in [2.05, 4.69) is 21.1 Å². The number of amides is 1. The molecule has 0 unspecified atom stereocenters. The van der Waals surface area contributed by atoms with Gasteiger partial charge in [-0.05, 0) is 34.5 Å². The average Bonchev–Trinajstić information content (AvgIpc) is 2.31. The van der Waals surface area contributed by atoms with Gasteiger partial charge in [0.1, 0.15) is 0 Å². The first-order valence-electron chi connectivity index (χ1n) is 4.94. The normalized spacial score (nSPS) is 11.4. The Labute approximate surface area is 108 Å². The van der Waals surface area contributed by atoms with Crippen LogP contribution in [0.1, 0.15) is 15.9 Å². The maximum absolute atomic E-state index is 12.1. The highest BCUT2D eigenvalue weighted by molar-refractivity contribution is 9.10. The summed E-state index contributed by atoms with van der Waals surface area (Å²) in [6.07, 6.45) is 0. The lowest BCUT2D eigenvalue weighted by Crippen LogP contribution is -2.35. The number of oxime groups is 1. The van der Waals surface area contributed by atoms with Crippen molar-refractivity contribution in [1.82, 2.24) is 4.90 Å². The number of likely N-dealkylation sites (N-methyl/N-ethyl adjacent to an activating group) is 1. The number of rotatable bonds is 3. The molecular weight excluding hydrogens is 286 g/mol. The van der Waals surface area contributed by atoms with Gasteiger partial charge in [-0.25, -0.2) is 0 Å². The largest absolute Gasteiger partial charge is 0.409 e. The van der Waals surface area contributed by atoms with Crippen LogP contribution in [0, 0.1) is 6.92 Å². The monoisotopic (exact) mass is 299 g/mol. The standard InChI is InChI=1S/C11H14BrN3O2/c1-7-4-3-5-8(10(7)12)11(16)15(2)6-9(13)14-17/h3-5,17H,6H2,1-2H3,(H2,13,14). The Balaban J connectivity index is 2.93. The highest BCUT2D eigenvalue weighted by Gasteiger charge is 2.16. The lowest BCUT2D eigenvalue weighted by Gasteiger charge is -2.17. The van der Waals surface area contributed by atoms with Crippen molar-refractivity contribution in [2.45, 2.75) is 6.92 Å². The molecule has 0 saturated heterocycles. The van der Waals surface area contributed by atoms with Crippen LogP contribution in [0.2, 0.25) is 0 Å². The molecule has 0 bridgehead atoms. The molecule has 0 aliphatic carbocycles. The summed E-state index contributed by atoms with van der Waals surface area (Å²) in [5.74, 6) is -0.197. The first kappa shape index (κ1) is 13.5. The number of aryl methyl sites for hydroxylation is 1. The van der Waals surface area contributed by atoms with E-state index in [1.165, 1.54) is 4.90 Å². The van der Waals surface area contributed by atoms with Crippen molar-refractivity contribution in [3.8, 4) is 0 Å². The van der Waals surface area contributed by atoms with Gasteiger partial charge in [-0.2, -0.15) is 0 Å². The summed E-state index contributed by atoms with van der Waals surface area (Å²) in [5, 5.41) is 11.3. The van der Waals surface area contributed by atoms with Crippen molar-refractivity contribution in [2.75, 3.05) is 13.6 Å². The van der Waals surface area contributed by atoms with E-state index < -0.39 is 0 Å². The molecule has 1 rings (SSSR count). The molecule has 3 N–H and O–H groups in total. The SMILES string of the molecule is Cc1cccc(C(=O)N(C)C/C(N)=N/O)c1Br. The smallest absolute Gasteiger partial charge is 0.255 e. The Hall–Kier alpha value is -1.56. The molecule has 5 nitrogen and oxygen atoms in total. The van der Waals surface area contributed by atoms with E-state index in [4.69, 9.17) is 10.9 Å². The van der Waals surface area contributed by atoms with Gasteiger partial charge < -0.3 is 15.8 Å². The molecule has 0 spiro atoms. The van der Waals surface area contributed by atoms with Crippen LogP contribution in [0.15, 0.2) is 27.8 Å². The quantitative estimate of drug-likeness (QED) is 0.385. The zero-order valence-corrected chi connectivity index (χ0v) is 11.2. The zero-order valence-electron chi connectivity index (χ0n) is 9.64. The lowest BCUT2D eigenvalue weighted by molar-refractivity contribution is 0.0812. The third kappa shape index (κ3) is 3.20. The molecule has 0 saturated carbocycles. The number of carbonyl (C=O) groups excluding carboxylic acids is 1. The number of carbonyl (C=O) groups is 1. The van der Waals surface area contributed by atoms with Gasteiger partial charge >= 0.3 is 0 Å². The second kappa shape index (κ2) is 5.67. The Bertz CT molecular complexity index is 460. The van der Waals surface area contributed by atoms with Gasteiger partial charge in [0.25, 0.3) is 5.91 Å². The van der Waals surface area contributed by atoms with Crippen molar-refractivity contribution in [2.24, 2.45) is 10.9 Å². The van der Waals surface area contributed by atoms with Crippen LogP contribution < -0.4 is 5.73 Å². The Morgan fingerprint density at radius 2 is 2.24 bits per heavy atom. The van der Waals surface area contributed by atoms with Crippen molar-refractivity contribution >= 4 is 27.7 Å². The molecule has 1 aromatic rings. The van der Waals surface area contributed by atoms with Crippen LogP contribution in [-0.2, 0) is 0 Å². The van der Waals surface area contributed by atoms with Gasteiger partial charge in [-0.3, -0.25) is 4.79 Å². The summed E-state index contributed by atoms with van der Waals surface area (Å²) in [6.45, 7) is 1.99. The van der Waals surface area contributed by atoms with Crippen molar-refractivity contribution < 1.29 is 10.0 Å². The number of hydrogen-bond acceptors (Lipinski definition) is 3. The van der Waals surface area contributed by atoms with Crippen LogP contribution in [0.5, 0.6) is 0 Å². The van der Waals surface area contributed by atoms with E-state index in [9.17, 15) is 4.79 Å². The van der Waals surface area contributed by atoms with E-state index in [0.717, 1.165) is 10.0 Å². The van der Waals surface area contributed by atoms with Crippen molar-refractivity contribution in [3.05, 3.63) is 33.8 Å². The fourth-order valence-electron chi connectivity index (χ4n) is 1.36. The third-order valence-corrected chi connectivity index (χ3v) is 3.35. The van der Waals surface area contributed by atoms with E-state index in [1.54, 1.807) is 13.1 Å². The lowest BCUT2D eigenvalue weighted by atomic mass is 10.1. The molecule has 0 aliphatic rings. The minimum absolute atomic E-state index is 0.00961. The predicted octanol–water partition coefficient (Wildman–Crippen LogP) is 1.58. The summed E-state index contributed by atoms with van der Waals surface area (Å²) in [5.41, 5.74) is 6.89. The van der Waals surface area contributed by atoms with Gasteiger partial charge in [-0.15, -0.1) is 0 Å². The molecule has 17 heavy (non-hydrogen) atoms. The molecular formula is C11H14BrN3O2. The van der Waals surface area contributed by atoms with Gasteiger partial charge in [0, 0.05) is 11.5 Å². The first-order valence-corrected chi connectivity index (χ1v) is 5.73.